The Morgan fingerprint density at radius 3 is 2.33 bits per heavy atom. The minimum Gasteiger partial charge on any atom is -0.490 e. The van der Waals surface area contributed by atoms with E-state index in [4.69, 9.17) is 14.2 Å². The number of nitrogens with zero attached hydrogens (tertiary/aromatic N) is 1. The third kappa shape index (κ3) is 3.66. The second-order valence-electron chi connectivity index (χ2n) is 3.91. The van der Waals surface area contributed by atoms with Crippen LogP contribution in [-0.2, 0) is 9.47 Å². The van der Waals surface area contributed by atoms with E-state index in [0.717, 1.165) is 0 Å². The molecule has 0 saturated heterocycles. The number of esters is 1. The maximum atomic E-state index is 12.0. The van der Waals surface area contributed by atoms with Crippen molar-refractivity contribution in [2.45, 2.75) is 13.8 Å². The van der Waals surface area contributed by atoms with Gasteiger partial charge in [-0.1, -0.05) is 0 Å². The molecule has 0 aromatic heterocycles. The van der Waals surface area contributed by atoms with Crippen molar-refractivity contribution in [2.24, 2.45) is 0 Å². The molecular formula is C14H18BrNO5. The van der Waals surface area contributed by atoms with Gasteiger partial charge in [-0.25, -0.2) is 9.59 Å². The van der Waals surface area contributed by atoms with Crippen LogP contribution < -0.4 is 9.64 Å². The van der Waals surface area contributed by atoms with Gasteiger partial charge >= 0.3 is 12.1 Å². The highest BCUT2D eigenvalue weighted by Crippen LogP contribution is 2.39. The Bertz CT molecular complexity index is 532. The number of benzene rings is 1. The van der Waals surface area contributed by atoms with E-state index < -0.39 is 12.1 Å². The molecule has 0 bridgehead atoms. The number of hydrogen-bond acceptors (Lipinski definition) is 5. The van der Waals surface area contributed by atoms with Crippen LogP contribution in [0.4, 0.5) is 10.5 Å². The maximum absolute atomic E-state index is 12.0. The van der Waals surface area contributed by atoms with Crippen LogP contribution in [0.2, 0.25) is 0 Å². The molecule has 1 aromatic rings. The van der Waals surface area contributed by atoms with Crippen LogP contribution in [0.15, 0.2) is 16.6 Å². The number of anilines is 1. The van der Waals surface area contributed by atoms with Crippen molar-refractivity contribution in [3.63, 3.8) is 0 Å². The number of rotatable bonds is 5. The van der Waals surface area contributed by atoms with Crippen molar-refractivity contribution in [3.05, 3.63) is 22.2 Å². The molecule has 1 amide bonds. The van der Waals surface area contributed by atoms with Crippen molar-refractivity contribution in [2.75, 3.05) is 32.3 Å². The van der Waals surface area contributed by atoms with E-state index in [2.05, 4.69) is 15.9 Å². The predicted octanol–water partition coefficient (Wildman–Crippen LogP) is 3.23. The Morgan fingerprint density at radius 1 is 1.19 bits per heavy atom. The first kappa shape index (κ1) is 17.3. The second kappa shape index (κ2) is 7.87. The number of halogens is 1. The highest BCUT2D eigenvalue weighted by molar-refractivity contribution is 9.10. The van der Waals surface area contributed by atoms with Gasteiger partial charge in [-0.15, -0.1) is 0 Å². The molecule has 0 radical (unpaired) electrons. The molecule has 1 rings (SSSR count). The Kier molecular flexibility index (Phi) is 6.48. The molecule has 116 valence electrons. The molecule has 0 saturated carbocycles. The lowest BCUT2D eigenvalue weighted by Gasteiger charge is -2.25. The third-order valence-electron chi connectivity index (χ3n) is 2.76. The summed E-state index contributed by atoms with van der Waals surface area (Å²) in [5.74, 6) is -0.159. The molecule has 6 nitrogen and oxygen atoms in total. The normalized spacial score (nSPS) is 9.95. The zero-order chi connectivity index (χ0) is 16.0. The highest BCUT2D eigenvalue weighted by atomic mass is 79.9. The van der Waals surface area contributed by atoms with Crippen LogP contribution in [0.25, 0.3) is 0 Å². The zero-order valence-corrected chi connectivity index (χ0v) is 14.0. The molecule has 21 heavy (non-hydrogen) atoms. The molecule has 7 heteroatoms. The Balaban J connectivity index is 3.57. The monoisotopic (exact) mass is 359 g/mol. The SMILES string of the molecule is CCOc1c(Br)ccc(C(=O)OC)c1N(CC)C(=O)OC. The number of hydrogen-bond donors (Lipinski definition) is 0. The van der Waals surface area contributed by atoms with Gasteiger partial charge in [-0.2, -0.15) is 0 Å². The van der Waals surface area contributed by atoms with Crippen molar-refractivity contribution < 1.29 is 23.8 Å². The molecule has 0 N–H and O–H groups in total. The van der Waals surface area contributed by atoms with Crippen molar-refractivity contribution in [1.82, 2.24) is 0 Å². The van der Waals surface area contributed by atoms with E-state index >= 15 is 0 Å². The van der Waals surface area contributed by atoms with Crippen LogP contribution in [0.5, 0.6) is 5.75 Å². The minimum atomic E-state index is -0.582. The third-order valence-corrected chi connectivity index (χ3v) is 3.38. The van der Waals surface area contributed by atoms with Crippen LogP contribution in [0, 0.1) is 0 Å². The first-order chi connectivity index (χ1) is 10.0. The number of ether oxygens (including phenoxy) is 3. The molecule has 0 atom stereocenters. The van der Waals surface area contributed by atoms with Crippen molar-refractivity contribution in [1.29, 1.82) is 0 Å². The molecular weight excluding hydrogens is 342 g/mol. The zero-order valence-electron chi connectivity index (χ0n) is 12.4. The van der Waals surface area contributed by atoms with Gasteiger partial charge < -0.3 is 14.2 Å². The maximum Gasteiger partial charge on any atom is 0.414 e. The lowest BCUT2D eigenvalue weighted by molar-refractivity contribution is 0.0601. The van der Waals surface area contributed by atoms with Crippen molar-refractivity contribution >= 4 is 33.7 Å². The fourth-order valence-electron chi connectivity index (χ4n) is 1.86. The molecule has 0 aliphatic heterocycles. The van der Waals surface area contributed by atoms with Crippen LogP contribution in [0.1, 0.15) is 24.2 Å². The van der Waals surface area contributed by atoms with Gasteiger partial charge in [0, 0.05) is 6.54 Å². The molecule has 0 unspecified atom stereocenters. The van der Waals surface area contributed by atoms with E-state index in [9.17, 15) is 9.59 Å². The molecule has 0 aliphatic carbocycles. The average Bonchev–Trinajstić information content (AvgIpc) is 2.50. The van der Waals surface area contributed by atoms with Gasteiger partial charge in [0.05, 0.1) is 30.9 Å². The van der Waals surface area contributed by atoms with Gasteiger partial charge in [-0.3, -0.25) is 4.90 Å². The lowest BCUT2D eigenvalue weighted by atomic mass is 10.1. The fourth-order valence-corrected chi connectivity index (χ4v) is 2.29. The highest BCUT2D eigenvalue weighted by Gasteiger charge is 2.27. The van der Waals surface area contributed by atoms with Crippen LogP contribution in [0.3, 0.4) is 0 Å². The van der Waals surface area contributed by atoms with Gasteiger partial charge in [0.25, 0.3) is 0 Å². The molecule has 0 fully saturated rings. The van der Waals surface area contributed by atoms with Gasteiger partial charge in [0.2, 0.25) is 0 Å². The second-order valence-corrected chi connectivity index (χ2v) is 4.77. The topological polar surface area (TPSA) is 65.1 Å². The Hall–Kier alpha value is -1.76. The van der Waals surface area contributed by atoms with Crippen LogP contribution >= 0.6 is 15.9 Å². The van der Waals surface area contributed by atoms with E-state index in [0.29, 0.717) is 29.1 Å². The Morgan fingerprint density at radius 2 is 1.86 bits per heavy atom. The standard InChI is InChI=1S/C14H18BrNO5/c1-5-16(14(18)20-4)11-9(13(17)19-3)7-8-10(15)12(11)21-6-2/h7-8H,5-6H2,1-4H3. The van der Waals surface area contributed by atoms with Gasteiger partial charge in [0.15, 0.2) is 5.75 Å². The summed E-state index contributed by atoms with van der Waals surface area (Å²) >= 11 is 3.37. The molecule has 1 aromatic carbocycles. The first-order valence-electron chi connectivity index (χ1n) is 6.40. The summed E-state index contributed by atoms with van der Waals surface area (Å²) in [5.41, 5.74) is 0.559. The summed E-state index contributed by atoms with van der Waals surface area (Å²) in [4.78, 5) is 25.2. The van der Waals surface area contributed by atoms with E-state index in [1.165, 1.54) is 19.1 Å². The molecule has 0 heterocycles. The van der Waals surface area contributed by atoms with E-state index in [1.807, 2.05) is 6.92 Å². The largest absolute Gasteiger partial charge is 0.490 e. The number of carbonyl (C=O) groups is 2. The average molecular weight is 360 g/mol. The summed E-state index contributed by atoms with van der Waals surface area (Å²) in [6.07, 6.45) is -0.582. The smallest absolute Gasteiger partial charge is 0.414 e. The Labute approximate surface area is 132 Å². The van der Waals surface area contributed by atoms with E-state index in [-0.39, 0.29) is 5.56 Å². The van der Waals surface area contributed by atoms with Gasteiger partial charge in [-0.05, 0) is 41.9 Å². The molecule has 0 spiro atoms. The van der Waals surface area contributed by atoms with Crippen LogP contribution in [-0.4, -0.2) is 39.4 Å². The summed E-state index contributed by atoms with van der Waals surface area (Å²) in [6, 6.07) is 3.24. The quantitative estimate of drug-likeness (QED) is 0.755. The number of carbonyl (C=O) groups excluding carboxylic acids is 2. The first-order valence-corrected chi connectivity index (χ1v) is 7.20. The van der Waals surface area contributed by atoms with Gasteiger partial charge in [0.1, 0.15) is 5.69 Å². The van der Waals surface area contributed by atoms with E-state index in [1.54, 1.807) is 19.1 Å². The fraction of sp³-hybridized carbons (Fsp3) is 0.429. The number of methoxy groups -OCH3 is 2. The summed E-state index contributed by atoms with van der Waals surface area (Å²) in [7, 11) is 2.56. The lowest BCUT2D eigenvalue weighted by Crippen LogP contribution is -2.32. The predicted molar refractivity (Wildman–Crippen MR) is 82.1 cm³/mol. The minimum absolute atomic E-state index is 0.233. The molecule has 0 aliphatic rings. The van der Waals surface area contributed by atoms with Crippen molar-refractivity contribution in [3.8, 4) is 5.75 Å². The summed E-state index contributed by atoms with van der Waals surface area (Å²) in [5, 5.41) is 0. The summed E-state index contributed by atoms with van der Waals surface area (Å²) in [6.45, 7) is 4.28. The number of amides is 1. The summed E-state index contributed by atoms with van der Waals surface area (Å²) < 4.78 is 15.7.